The second-order valence-electron chi connectivity index (χ2n) is 6.50. The fourth-order valence-corrected chi connectivity index (χ4v) is 3.40. The molecule has 120 valence electrons. The first-order chi connectivity index (χ1) is 10.8. The minimum absolute atomic E-state index is 0.582. The molecule has 0 aliphatic carbocycles. The highest BCUT2D eigenvalue weighted by Crippen LogP contribution is 2.28. The van der Waals surface area contributed by atoms with Gasteiger partial charge >= 0.3 is 0 Å². The van der Waals surface area contributed by atoms with Crippen LogP contribution in [0.15, 0.2) is 12.4 Å². The Bertz CT molecular complexity index is 585. The number of unbranched alkanes of at least 4 members (excludes halogenated alkanes) is 1. The summed E-state index contributed by atoms with van der Waals surface area (Å²) in [6.07, 6.45) is 9.93. The van der Waals surface area contributed by atoms with E-state index in [1.807, 2.05) is 12.4 Å². The maximum atomic E-state index is 4.50. The number of hydrogen-bond acceptors (Lipinski definition) is 3. The van der Waals surface area contributed by atoms with E-state index in [4.69, 9.17) is 0 Å². The van der Waals surface area contributed by atoms with Gasteiger partial charge in [-0.15, -0.1) is 0 Å². The van der Waals surface area contributed by atoms with Crippen molar-refractivity contribution in [3.05, 3.63) is 35.2 Å². The number of aromatic nitrogens is 4. The van der Waals surface area contributed by atoms with Gasteiger partial charge in [-0.3, -0.25) is 10.00 Å². The van der Waals surface area contributed by atoms with Crippen molar-refractivity contribution in [3.63, 3.8) is 0 Å². The largest absolute Gasteiger partial charge is 0.345 e. The molecule has 3 heterocycles. The van der Waals surface area contributed by atoms with Crippen LogP contribution >= 0.6 is 0 Å². The summed E-state index contributed by atoms with van der Waals surface area (Å²) in [6, 6.07) is 0. The first-order valence-corrected chi connectivity index (χ1v) is 8.51. The van der Waals surface area contributed by atoms with Crippen LogP contribution < -0.4 is 0 Å². The number of nitrogens with zero attached hydrogens (tertiary/aromatic N) is 3. The molecule has 1 aliphatic rings. The molecule has 2 aromatic heterocycles. The molecule has 3 rings (SSSR count). The van der Waals surface area contributed by atoms with Crippen LogP contribution in [0.25, 0.3) is 0 Å². The van der Waals surface area contributed by atoms with Crippen LogP contribution in [0.4, 0.5) is 0 Å². The van der Waals surface area contributed by atoms with Crippen LogP contribution in [0.5, 0.6) is 0 Å². The predicted molar refractivity (Wildman–Crippen MR) is 87.8 cm³/mol. The van der Waals surface area contributed by atoms with E-state index in [9.17, 15) is 0 Å². The highest BCUT2D eigenvalue weighted by Gasteiger charge is 2.24. The molecule has 22 heavy (non-hydrogen) atoms. The molecule has 0 spiro atoms. The quantitative estimate of drug-likeness (QED) is 0.861. The summed E-state index contributed by atoms with van der Waals surface area (Å²) >= 11 is 0. The van der Waals surface area contributed by atoms with Crippen LogP contribution in [0.3, 0.4) is 0 Å². The number of aryl methyl sites for hydroxylation is 2. The van der Waals surface area contributed by atoms with Gasteiger partial charge in [0.15, 0.2) is 0 Å². The van der Waals surface area contributed by atoms with Crippen molar-refractivity contribution in [1.82, 2.24) is 25.1 Å². The highest BCUT2D eigenvalue weighted by atomic mass is 15.2. The Kier molecular flexibility index (Phi) is 4.93. The number of nitrogens with one attached hydrogen (secondary N) is 2. The summed E-state index contributed by atoms with van der Waals surface area (Å²) in [4.78, 5) is 10.5. The molecule has 5 nitrogen and oxygen atoms in total. The van der Waals surface area contributed by atoms with Gasteiger partial charge in [-0.1, -0.05) is 13.3 Å². The van der Waals surface area contributed by atoms with E-state index >= 15 is 0 Å². The first-order valence-electron chi connectivity index (χ1n) is 8.51. The third kappa shape index (κ3) is 3.58. The van der Waals surface area contributed by atoms with Gasteiger partial charge in [0.25, 0.3) is 0 Å². The van der Waals surface area contributed by atoms with Gasteiger partial charge in [0.05, 0.1) is 6.20 Å². The third-order valence-electron chi connectivity index (χ3n) is 4.62. The van der Waals surface area contributed by atoms with Gasteiger partial charge in [-0.05, 0) is 38.3 Å². The number of piperidine rings is 1. The molecular weight excluding hydrogens is 274 g/mol. The van der Waals surface area contributed by atoms with Crippen LogP contribution in [-0.4, -0.2) is 38.2 Å². The Hall–Kier alpha value is -1.62. The van der Waals surface area contributed by atoms with Crippen LogP contribution in [-0.2, 0) is 13.0 Å². The lowest BCUT2D eigenvalue weighted by Crippen LogP contribution is -2.34. The van der Waals surface area contributed by atoms with Gasteiger partial charge in [-0.2, -0.15) is 5.10 Å². The number of likely N-dealkylation sites (tertiary alicyclic amines) is 1. The summed E-state index contributed by atoms with van der Waals surface area (Å²) in [5.74, 6) is 1.72. The Labute approximate surface area is 132 Å². The summed E-state index contributed by atoms with van der Waals surface area (Å²) in [5, 5.41) is 7.37. The Balaban J connectivity index is 1.58. The molecule has 1 aliphatic heterocycles. The molecule has 0 unspecified atom stereocenters. The van der Waals surface area contributed by atoms with E-state index in [2.05, 4.69) is 38.9 Å². The molecule has 2 aromatic rings. The average Bonchev–Trinajstić information content (AvgIpc) is 3.14. The summed E-state index contributed by atoms with van der Waals surface area (Å²) in [7, 11) is 0. The fourth-order valence-electron chi connectivity index (χ4n) is 3.40. The molecule has 1 atom stereocenters. The maximum Gasteiger partial charge on any atom is 0.106 e. The standard InChI is InChI=1S/C17H27N5/c1-3-4-7-16-18-10-15(20-16)12-22-8-5-6-14(11-22)17-13(2)9-19-21-17/h9-10,14H,3-8,11-12H2,1-2H3,(H,18,20)(H,19,21)/t14-/m0/s1. The number of rotatable bonds is 6. The number of imidazole rings is 1. The van der Waals surface area contributed by atoms with E-state index < -0.39 is 0 Å². The minimum atomic E-state index is 0.582. The van der Waals surface area contributed by atoms with Crippen molar-refractivity contribution in [2.24, 2.45) is 0 Å². The van der Waals surface area contributed by atoms with Crippen molar-refractivity contribution in [2.45, 2.75) is 58.4 Å². The fraction of sp³-hybridized carbons (Fsp3) is 0.647. The Morgan fingerprint density at radius 2 is 2.27 bits per heavy atom. The zero-order chi connectivity index (χ0) is 15.4. The Morgan fingerprint density at radius 1 is 1.36 bits per heavy atom. The monoisotopic (exact) mass is 301 g/mol. The lowest BCUT2D eigenvalue weighted by Gasteiger charge is -2.32. The normalized spacial score (nSPS) is 19.6. The number of aromatic amines is 2. The van der Waals surface area contributed by atoms with E-state index in [-0.39, 0.29) is 0 Å². The molecule has 0 saturated carbocycles. The minimum Gasteiger partial charge on any atom is -0.345 e. The first kappa shape index (κ1) is 15.3. The number of H-pyrrole nitrogens is 2. The van der Waals surface area contributed by atoms with Gasteiger partial charge in [0, 0.05) is 43.0 Å². The van der Waals surface area contributed by atoms with E-state index in [1.165, 1.54) is 49.2 Å². The highest BCUT2D eigenvalue weighted by molar-refractivity contribution is 5.19. The molecular formula is C17H27N5. The predicted octanol–water partition coefficient (Wildman–Crippen LogP) is 3.16. The van der Waals surface area contributed by atoms with Gasteiger partial charge in [0.1, 0.15) is 5.82 Å². The maximum absolute atomic E-state index is 4.50. The van der Waals surface area contributed by atoms with Gasteiger partial charge in [-0.25, -0.2) is 4.98 Å². The van der Waals surface area contributed by atoms with Crippen molar-refractivity contribution in [2.75, 3.05) is 13.1 Å². The van der Waals surface area contributed by atoms with Crippen LogP contribution in [0.2, 0.25) is 0 Å². The van der Waals surface area contributed by atoms with Crippen molar-refractivity contribution in [3.8, 4) is 0 Å². The van der Waals surface area contributed by atoms with E-state index in [0.717, 1.165) is 25.3 Å². The third-order valence-corrected chi connectivity index (χ3v) is 4.62. The lowest BCUT2D eigenvalue weighted by atomic mass is 9.93. The molecule has 1 fully saturated rings. The molecule has 0 aromatic carbocycles. The molecule has 0 radical (unpaired) electrons. The second-order valence-corrected chi connectivity index (χ2v) is 6.50. The molecule has 0 bridgehead atoms. The lowest BCUT2D eigenvalue weighted by molar-refractivity contribution is 0.196. The number of hydrogen-bond donors (Lipinski definition) is 2. The van der Waals surface area contributed by atoms with E-state index in [1.54, 1.807) is 0 Å². The van der Waals surface area contributed by atoms with Crippen molar-refractivity contribution >= 4 is 0 Å². The Morgan fingerprint density at radius 3 is 3.05 bits per heavy atom. The average molecular weight is 301 g/mol. The molecule has 5 heteroatoms. The summed E-state index contributed by atoms with van der Waals surface area (Å²) < 4.78 is 0. The summed E-state index contributed by atoms with van der Waals surface area (Å²) in [6.45, 7) is 7.62. The molecule has 0 amide bonds. The van der Waals surface area contributed by atoms with Crippen molar-refractivity contribution < 1.29 is 0 Å². The second kappa shape index (κ2) is 7.09. The summed E-state index contributed by atoms with van der Waals surface area (Å²) in [5.41, 5.74) is 3.85. The smallest absolute Gasteiger partial charge is 0.106 e. The molecule has 2 N–H and O–H groups in total. The SMILES string of the molecule is CCCCc1ncc(CN2CCC[C@H](c3[nH]ncc3C)C2)[nH]1. The van der Waals surface area contributed by atoms with Crippen LogP contribution in [0, 0.1) is 6.92 Å². The van der Waals surface area contributed by atoms with Crippen LogP contribution in [0.1, 0.15) is 61.3 Å². The van der Waals surface area contributed by atoms with E-state index in [0.29, 0.717) is 5.92 Å². The van der Waals surface area contributed by atoms with Gasteiger partial charge in [0.2, 0.25) is 0 Å². The topological polar surface area (TPSA) is 60.6 Å². The zero-order valence-corrected chi connectivity index (χ0v) is 13.7. The zero-order valence-electron chi connectivity index (χ0n) is 13.7. The van der Waals surface area contributed by atoms with Gasteiger partial charge < -0.3 is 4.98 Å². The van der Waals surface area contributed by atoms with Crippen molar-refractivity contribution in [1.29, 1.82) is 0 Å². The molecule has 1 saturated heterocycles.